The minimum Gasteiger partial charge on any atom is -0.481 e. The van der Waals surface area contributed by atoms with E-state index in [-0.39, 0.29) is 30.7 Å². The lowest BCUT2D eigenvalue weighted by Gasteiger charge is -2.26. The van der Waals surface area contributed by atoms with Gasteiger partial charge in [0.25, 0.3) is 0 Å². The van der Waals surface area contributed by atoms with Crippen molar-refractivity contribution in [1.82, 2.24) is 5.32 Å². The van der Waals surface area contributed by atoms with E-state index < -0.39 is 5.97 Å². The predicted octanol–water partition coefficient (Wildman–Crippen LogP) is 2.68. The number of fused-ring (bicyclic) bond motifs is 1. The van der Waals surface area contributed by atoms with Crippen LogP contribution in [0.2, 0.25) is 0 Å². The van der Waals surface area contributed by atoms with Crippen molar-refractivity contribution < 1.29 is 14.7 Å². The second-order valence-electron chi connectivity index (χ2n) is 5.62. The third-order valence-corrected chi connectivity index (χ3v) is 3.76. The van der Waals surface area contributed by atoms with Crippen molar-refractivity contribution in [3.8, 4) is 0 Å². The molecule has 2 rings (SSSR count). The molecule has 0 aliphatic heterocycles. The molecular weight excluding hydrogens is 254 g/mol. The van der Waals surface area contributed by atoms with Gasteiger partial charge in [0, 0.05) is 12.8 Å². The van der Waals surface area contributed by atoms with Gasteiger partial charge in [-0.25, -0.2) is 0 Å². The molecule has 20 heavy (non-hydrogen) atoms. The SMILES string of the molecule is C[C@@H](CC(=O)O)CC(=O)N[C@H]1CCCc2ccccc21. The normalized spacial score (nSPS) is 18.9. The summed E-state index contributed by atoms with van der Waals surface area (Å²) in [7, 11) is 0. The Morgan fingerprint density at radius 1 is 1.35 bits per heavy atom. The lowest BCUT2D eigenvalue weighted by Crippen LogP contribution is -2.32. The molecule has 4 nitrogen and oxygen atoms in total. The first-order valence-electron chi connectivity index (χ1n) is 7.15. The van der Waals surface area contributed by atoms with E-state index in [1.807, 2.05) is 12.1 Å². The second kappa shape index (κ2) is 6.55. The van der Waals surface area contributed by atoms with E-state index in [0.29, 0.717) is 0 Å². The van der Waals surface area contributed by atoms with E-state index >= 15 is 0 Å². The zero-order chi connectivity index (χ0) is 14.5. The molecule has 0 unspecified atom stereocenters. The van der Waals surface area contributed by atoms with E-state index in [1.165, 1.54) is 11.1 Å². The molecule has 1 amide bonds. The molecular formula is C16H21NO3. The molecule has 108 valence electrons. The monoisotopic (exact) mass is 275 g/mol. The Bertz CT molecular complexity index is 498. The Hall–Kier alpha value is -1.84. The number of aliphatic carboxylic acids is 1. The molecule has 1 aliphatic carbocycles. The lowest BCUT2D eigenvalue weighted by atomic mass is 9.87. The fourth-order valence-corrected chi connectivity index (χ4v) is 2.84. The van der Waals surface area contributed by atoms with Gasteiger partial charge in [0.1, 0.15) is 0 Å². The van der Waals surface area contributed by atoms with Gasteiger partial charge >= 0.3 is 5.97 Å². The van der Waals surface area contributed by atoms with Crippen molar-refractivity contribution in [2.45, 2.75) is 45.1 Å². The van der Waals surface area contributed by atoms with Gasteiger partial charge < -0.3 is 10.4 Å². The van der Waals surface area contributed by atoms with Gasteiger partial charge in [-0.05, 0) is 36.3 Å². The summed E-state index contributed by atoms with van der Waals surface area (Å²) in [6.07, 6.45) is 3.40. The van der Waals surface area contributed by atoms with Crippen LogP contribution in [0.25, 0.3) is 0 Å². The van der Waals surface area contributed by atoms with Crippen LogP contribution in [-0.2, 0) is 16.0 Å². The first-order chi connectivity index (χ1) is 9.56. The smallest absolute Gasteiger partial charge is 0.303 e. The van der Waals surface area contributed by atoms with E-state index in [4.69, 9.17) is 5.11 Å². The van der Waals surface area contributed by atoms with Crippen LogP contribution in [0.15, 0.2) is 24.3 Å². The number of benzene rings is 1. The van der Waals surface area contributed by atoms with Crippen molar-refractivity contribution in [3.63, 3.8) is 0 Å². The van der Waals surface area contributed by atoms with Crippen LogP contribution in [0.5, 0.6) is 0 Å². The van der Waals surface area contributed by atoms with Crippen LogP contribution < -0.4 is 5.32 Å². The Balaban J connectivity index is 1.94. The molecule has 0 saturated carbocycles. The van der Waals surface area contributed by atoms with Crippen molar-refractivity contribution in [2.75, 3.05) is 0 Å². The van der Waals surface area contributed by atoms with Gasteiger partial charge in [-0.15, -0.1) is 0 Å². The highest BCUT2D eigenvalue weighted by Gasteiger charge is 2.22. The lowest BCUT2D eigenvalue weighted by molar-refractivity contribution is -0.138. The van der Waals surface area contributed by atoms with E-state index in [1.54, 1.807) is 6.92 Å². The van der Waals surface area contributed by atoms with Crippen molar-refractivity contribution >= 4 is 11.9 Å². The number of hydrogen-bond acceptors (Lipinski definition) is 2. The quantitative estimate of drug-likeness (QED) is 0.868. The highest BCUT2D eigenvalue weighted by Crippen LogP contribution is 2.29. The Labute approximate surface area is 119 Å². The molecule has 0 radical (unpaired) electrons. The predicted molar refractivity (Wildman–Crippen MR) is 76.3 cm³/mol. The number of amides is 1. The average Bonchev–Trinajstić information content (AvgIpc) is 2.38. The minimum absolute atomic E-state index is 0.0364. The Morgan fingerprint density at radius 2 is 2.10 bits per heavy atom. The fourth-order valence-electron chi connectivity index (χ4n) is 2.84. The Kier molecular flexibility index (Phi) is 4.77. The number of carboxylic acid groups (broad SMARTS) is 1. The second-order valence-corrected chi connectivity index (χ2v) is 5.62. The topological polar surface area (TPSA) is 66.4 Å². The molecule has 1 aromatic rings. The molecule has 0 saturated heterocycles. The summed E-state index contributed by atoms with van der Waals surface area (Å²) in [5.41, 5.74) is 2.51. The molecule has 1 aromatic carbocycles. The highest BCUT2D eigenvalue weighted by molar-refractivity contribution is 5.77. The summed E-state index contributed by atoms with van der Waals surface area (Å²) < 4.78 is 0. The summed E-state index contributed by atoms with van der Waals surface area (Å²) in [5.74, 6) is -1.04. The maximum absolute atomic E-state index is 12.0. The maximum Gasteiger partial charge on any atom is 0.303 e. The zero-order valence-corrected chi connectivity index (χ0v) is 11.8. The zero-order valence-electron chi connectivity index (χ0n) is 11.8. The van der Waals surface area contributed by atoms with Gasteiger partial charge in [-0.1, -0.05) is 31.2 Å². The van der Waals surface area contributed by atoms with Crippen LogP contribution in [0.4, 0.5) is 0 Å². The number of rotatable bonds is 5. The summed E-state index contributed by atoms with van der Waals surface area (Å²) in [6, 6.07) is 8.28. The van der Waals surface area contributed by atoms with Crippen molar-refractivity contribution in [3.05, 3.63) is 35.4 Å². The maximum atomic E-state index is 12.0. The van der Waals surface area contributed by atoms with Crippen molar-refractivity contribution in [2.24, 2.45) is 5.92 Å². The molecule has 0 heterocycles. The molecule has 0 fully saturated rings. The number of carboxylic acids is 1. The van der Waals surface area contributed by atoms with E-state index in [0.717, 1.165) is 19.3 Å². The van der Waals surface area contributed by atoms with Crippen LogP contribution in [0.3, 0.4) is 0 Å². The van der Waals surface area contributed by atoms with Crippen LogP contribution in [0.1, 0.15) is 49.8 Å². The number of carbonyl (C=O) groups excluding carboxylic acids is 1. The first-order valence-corrected chi connectivity index (χ1v) is 7.15. The average molecular weight is 275 g/mol. The van der Waals surface area contributed by atoms with Gasteiger partial charge in [-0.2, -0.15) is 0 Å². The van der Waals surface area contributed by atoms with Gasteiger partial charge in [0.15, 0.2) is 0 Å². The van der Waals surface area contributed by atoms with Gasteiger partial charge in [0.05, 0.1) is 6.04 Å². The van der Waals surface area contributed by atoms with Gasteiger partial charge in [0.2, 0.25) is 5.91 Å². The fraction of sp³-hybridized carbons (Fsp3) is 0.500. The number of aryl methyl sites for hydroxylation is 1. The van der Waals surface area contributed by atoms with E-state index in [2.05, 4.69) is 17.4 Å². The number of hydrogen-bond donors (Lipinski definition) is 2. The number of carbonyl (C=O) groups is 2. The first kappa shape index (κ1) is 14.6. The largest absolute Gasteiger partial charge is 0.481 e. The minimum atomic E-state index is -0.853. The van der Waals surface area contributed by atoms with Gasteiger partial charge in [-0.3, -0.25) is 9.59 Å². The molecule has 0 aromatic heterocycles. The standard InChI is InChI=1S/C16H21NO3/c1-11(10-16(19)20)9-15(18)17-14-8-4-6-12-5-2-3-7-13(12)14/h2-3,5,7,11,14H,4,6,8-10H2,1H3,(H,17,18)(H,19,20)/t11-,14+/m1/s1. The van der Waals surface area contributed by atoms with Crippen LogP contribution in [0, 0.1) is 5.92 Å². The van der Waals surface area contributed by atoms with Crippen LogP contribution >= 0.6 is 0 Å². The van der Waals surface area contributed by atoms with E-state index in [9.17, 15) is 9.59 Å². The summed E-state index contributed by atoms with van der Waals surface area (Å²) in [5, 5.41) is 11.8. The third-order valence-electron chi connectivity index (χ3n) is 3.76. The van der Waals surface area contributed by atoms with Crippen molar-refractivity contribution in [1.29, 1.82) is 0 Å². The highest BCUT2D eigenvalue weighted by atomic mass is 16.4. The summed E-state index contributed by atoms with van der Waals surface area (Å²) in [6.45, 7) is 1.79. The summed E-state index contributed by atoms with van der Waals surface area (Å²) >= 11 is 0. The third kappa shape index (κ3) is 3.83. The molecule has 0 bridgehead atoms. The summed E-state index contributed by atoms with van der Waals surface area (Å²) in [4.78, 5) is 22.6. The van der Waals surface area contributed by atoms with Crippen LogP contribution in [-0.4, -0.2) is 17.0 Å². The molecule has 2 N–H and O–H groups in total. The Morgan fingerprint density at radius 3 is 2.85 bits per heavy atom. The number of nitrogens with one attached hydrogen (secondary N) is 1. The molecule has 1 aliphatic rings. The molecule has 2 atom stereocenters. The molecule has 4 heteroatoms. The molecule has 0 spiro atoms.